The van der Waals surface area contributed by atoms with Crippen molar-refractivity contribution >= 4 is 17.8 Å². The van der Waals surface area contributed by atoms with E-state index in [0.717, 1.165) is 38.3 Å². The van der Waals surface area contributed by atoms with Crippen molar-refractivity contribution in [2.75, 3.05) is 19.6 Å². The summed E-state index contributed by atoms with van der Waals surface area (Å²) in [6, 6.07) is 1.15. The highest BCUT2D eigenvalue weighted by molar-refractivity contribution is 5.95. The molecule has 2 rings (SSSR count). The molecule has 7 heteroatoms. The molecule has 2 amide bonds. The molecule has 7 nitrogen and oxygen atoms in total. The Morgan fingerprint density at radius 1 is 1.30 bits per heavy atom. The van der Waals surface area contributed by atoms with Crippen LogP contribution < -0.4 is 5.32 Å². The Kier molecular flexibility index (Phi) is 4.39. The van der Waals surface area contributed by atoms with E-state index in [9.17, 15) is 14.4 Å². The van der Waals surface area contributed by atoms with Gasteiger partial charge < -0.3 is 19.7 Å². The number of carboxylic acids is 1. The Hall–Kier alpha value is -2.31. The molecule has 1 fully saturated rings. The van der Waals surface area contributed by atoms with Gasteiger partial charge in [-0.15, -0.1) is 0 Å². The van der Waals surface area contributed by atoms with Gasteiger partial charge in [-0.1, -0.05) is 0 Å². The van der Waals surface area contributed by atoms with Crippen molar-refractivity contribution in [3.63, 3.8) is 0 Å². The van der Waals surface area contributed by atoms with Crippen LogP contribution in [0.1, 0.15) is 40.2 Å². The SMILES string of the molecule is O=C(O)c1coc(C(=O)NCCC(=O)N2CCCC2)c1. The molecule has 0 unspecified atom stereocenters. The van der Waals surface area contributed by atoms with Crippen LogP contribution in [0.25, 0.3) is 0 Å². The van der Waals surface area contributed by atoms with E-state index in [0.29, 0.717) is 0 Å². The molecule has 108 valence electrons. The zero-order chi connectivity index (χ0) is 14.5. The number of carbonyl (C=O) groups is 3. The second kappa shape index (κ2) is 6.23. The van der Waals surface area contributed by atoms with Crippen molar-refractivity contribution in [2.45, 2.75) is 19.3 Å². The number of hydrogen-bond donors (Lipinski definition) is 2. The highest BCUT2D eigenvalue weighted by Gasteiger charge is 2.18. The minimum absolute atomic E-state index is 0.0217. The molecule has 0 aliphatic carbocycles. The van der Waals surface area contributed by atoms with E-state index >= 15 is 0 Å². The van der Waals surface area contributed by atoms with Crippen LogP contribution in [0.4, 0.5) is 0 Å². The van der Waals surface area contributed by atoms with Crippen LogP contribution in [-0.4, -0.2) is 47.4 Å². The molecular formula is C13H16N2O5. The van der Waals surface area contributed by atoms with Gasteiger partial charge >= 0.3 is 5.97 Å². The average Bonchev–Trinajstić information content (AvgIpc) is 3.09. The summed E-state index contributed by atoms with van der Waals surface area (Å²) in [5, 5.41) is 11.2. The predicted octanol–water partition coefficient (Wildman–Crippen LogP) is 0.720. The third kappa shape index (κ3) is 3.37. The zero-order valence-electron chi connectivity index (χ0n) is 10.9. The number of carbonyl (C=O) groups excluding carboxylic acids is 2. The van der Waals surface area contributed by atoms with E-state index in [4.69, 9.17) is 9.52 Å². The number of nitrogens with one attached hydrogen (secondary N) is 1. The fraction of sp³-hybridized carbons (Fsp3) is 0.462. The van der Waals surface area contributed by atoms with E-state index in [2.05, 4.69) is 5.32 Å². The lowest BCUT2D eigenvalue weighted by Crippen LogP contribution is -2.32. The summed E-state index contributed by atoms with van der Waals surface area (Å²) < 4.78 is 4.86. The first-order chi connectivity index (χ1) is 9.58. The van der Waals surface area contributed by atoms with Gasteiger partial charge in [0.2, 0.25) is 5.91 Å². The smallest absolute Gasteiger partial charge is 0.338 e. The normalized spacial score (nSPS) is 14.3. The third-order valence-corrected chi connectivity index (χ3v) is 3.15. The van der Waals surface area contributed by atoms with Crippen molar-refractivity contribution in [1.29, 1.82) is 0 Å². The van der Waals surface area contributed by atoms with Gasteiger partial charge in [-0.05, 0) is 12.8 Å². The summed E-state index contributed by atoms with van der Waals surface area (Å²) in [6.07, 6.45) is 3.30. The summed E-state index contributed by atoms with van der Waals surface area (Å²) in [6.45, 7) is 1.77. The number of carboxylic acid groups (broad SMARTS) is 1. The van der Waals surface area contributed by atoms with Gasteiger partial charge in [0.25, 0.3) is 5.91 Å². The van der Waals surface area contributed by atoms with Crippen LogP contribution in [0.5, 0.6) is 0 Å². The maximum absolute atomic E-state index is 11.7. The van der Waals surface area contributed by atoms with E-state index < -0.39 is 11.9 Å². The topological polar surface area (TPSA) is 99.8 Å². The van der Waals surface area contributed by atoms with Gasteiger partial charge in [-0.2, -0.15) is 0 Å². The van der Waals surface area contributed by atoms with Crippen molar-refractivity contribution < 1.29 is 23.9 Å². The first-order valence-corrected chi connectivity index (χ1v) is 6.46. The number of hydrogen-bond acceptors (Lipinski definition) is 4. The number of furan rings is 1. The number of nitrogens with zero attached hydrogens (tertiary/aromatic N) is 1. The number of aromatic carboxylic acids is 1. The molecule has 1 aliphatic rings. The Morgan fingerprint density at radius 2 is 2.00 bits per heavy atom. The van der Waals surface area contributed by atoms with Gasteiger partial charge in [0, 0.05) is 32.1 Å². The van der Waals surface area contributed by atoms with Gasteiger partial charge in [-0.3, -0.25) is 9.59 Å². The number of rotatable bonds is 5. The lowest BCUT2D eigenvalue weighted by molar-refractivity contribution is -0.129. The zero-order valence-corrected chi connectivity index (χ0v) is 10.9. The molecule has 0 aromatic carbocycles. The lowest BCUT2D eigenvalue weighted by Gasteiger charge is -2.14. The highest BCUT2D eigenvalue weighted by atomic mass is 16.4. The van der Waals surface area contributed by atoms with Gasteiger partial charge in [0.15, 0.2) is 5.76 Å². The standard InChI is InChI=1S/C13H16N2O5/c16-11(15-5-1-2-6-15)3-4-14-12(17)10-7-9(8-20-10)13(18)19/h7-8H,1-6H2,(H,14,17)(H,18,19). The summed E-state index contributed by atoms with van der Waals surface area (Å²) in [5.41, 5.74) is -0.0803. The molecule has 0 bridgehead atoms. The highest BCUT2D eigenvalue weighted by Crippen LogP contribution is 2.09. The first kappa shape index (κ1) is 14.1. The van der Waals surface area contributed by atoms with Crippen molar-refractivity contribution in [1.82, 2.24) is 10.2 Å². The van der Waals surface area contributed by atoms with E-state index in [-0.39, 0.29) is 30.2 Å². The molecule has 1 aliphatic heterocycles. The molecule has 0 spiro atoms. The fourth-order valence-corrected chi connectivity index (χ4v) is 2.06. The Morgan fingerprint density at radius 3 is 2.60 bits per heavy atom. The minimum Gasteiger partial charge on any atom is -0.478 e. The fourth-order valence-electron chi connectivity index (χ4n) is 2.06. The third-order valence-electron chi connectivity index (χ3n) is 3.15. The second-order valence-corrected chi connectivity index (χ2v) is 4.60. The average molecular weight is 280 g/mol. The molecule has 2 heterocycles. The van der Waals surface area contributed by atoms with Crippen LogP contribution in [0.15, 0.2) is 16.7 Å². The molecule has 1 aromatic rings. The quantitative estimate of drug-likeness (QED) is 0.827. The number of likely N-dealkylation sites (tertiary alicyclic amines) is 1. The van der Waals surface area contributed by atoms with Crippen molar-refractivity contribution in [2.24, 2.45) is 0 Å². The van der Waals surface area contributed by atoms with Crippen LogP contribution >= 0.6 is 0 Å². The van der Waals surface area contributed by atoms with Crippen LogP contribution in [-0.2, 0) is 4.79 Å². The Labute approximate surface area is 115 Å². The van der Waals surface area contributed by atoms with Gasteiger partial charge in [0.1, 0.15) is 6.26 Å². The van der Waals surface area contributed by atoms with Crippen LogP contribution in [0.2, 0.25) is 0 Å². The molecule has 0 radical (unpaired) electrons. The molecule has 0 saturated carbocycles. The molecule has 1 aromatic heterocycles. The van der Waals surface area contributed by atoms with Crippen molar-refractivity contribution in [3.8, 4) is 0 Å². The minimum atomic E-state index is -1.16. The second-order valence-electron chi connectivity index (χ2n) is 4.60. The molecular weight excluding hydrogens is 264 g/mol. The molecule has 2 N–H and O–H groups in total. The van der Waals surface area contributed by atoms with Crippen molar-refractivity contribution in [3.05, 3.63) is 23.7 Å². The summed E-state index contributed by atoms with van der Waals surface area (Å²) in [5.74, 6) is -1.73. The Bertz CT molecular complexity index is 517. The van der Waals surface area contributed by atoms with E-state index in [1.54, 1.807) is 4.90 Å². The molecule has 1 saturated heterocycles. The number of amides is 2. The van der Waals surface area contributed by atoms with Crippen LogP contribution in [0, 0.1) is 0 Å². The van der Waals surface area contributed by atoms with Gasteiger partial charge in [0.05, 0.1) is 5.56 Å². The largest absolute Gasteiger partial charge is 0.478 e. The molecule has 0 atom stereocenters. The van der Waals surface area contributed by atoms with Gasteiger partial charge in [-0.25, -0.2) is 4.79 Å². The maximum Gasteiger partial charge on any atom is 0.338 e. The molecule has 20 heavy (non-hydrogen) atoms. The monoisotopic (exact) mass is 280 g/mol. The van der Waals surface area contributed by atoms with Crippen LogP contribution in [0.3, 0.4) is 0 Å². The van der Waals surface area contributed by atoms with E-state index in [1.165, 1.54) is 0 Å². The maximum atomic E-state index is 11.7. The summed E-state index contributed by atoms with van der Waals surface area (Å²) in [7, 11) is 0. The lowest BCUT2D eigenvalue weighted by atomic mass is 10.3. The Balaban J connectivity index is 1.76. The first-order valence-electron chi connectivity index (χ1n) is 6.46. The summed E-state index contributed by atoms with van der Waals surface area (Å²) >= 11 is 0. The predicted molar refractivity (Wildman–Crippen MR) is 68.4 cm³/mol. The summed E-state index contributed by atoms with van der Waals surface area (Å²) in [4.78, 5) is 35.8. The van der Waals surface area contributed by atoms with E-state index in [1.807, 2.05) is 0 Å².